The van der Waals surface area contributed by atoms with E-state index in [0.717, 1.165) is 5.56 Å². The molecule has 0 bridgehead atoms. The van der Waals surface area contributed by atoms with Crippen molar-refractivity contribution < 1.29 is 23.9 Å². The van der Waals surface area contributed by atoms with Gasteiger partial charge in [0.2, 0.25) is 6.10 Å². The number of nitrogens with one attached hydrogen (secondary N) is 2. The van der Waals surface area contributed by atoms with Gasteiger partial charge < -0.3 is 14.8 Å². The molecule has 0 spiro atoms. The van der Waals surface area contributed by atoms with E-state index in [2.05, 4.69) is 31.4 Å². The summed E-state index contributed by atoms with van der Waals surface area (Å²) in [5, 5.41) is 4.63. The number of urea groups is 1. The monoisotopic (exact) mass is 412 g/mol. The van der Waals surface area contributed by atoms with Crippen LogP contribution in [0.2, 0.25) is 0 Å². The first-order valence-electron chi connectivity index (χ1n) is 9.77. The van der Waals surface area contributed by atoms with Crippen LogP contribution in [-0.4, -0.2) is 31.1 Å². The minimum atomic E-state index is -1.27. The molecule has 0 radical (unpaired) electrons. The number of hydrogen-bond donors (Lipinski definition) is 2. The molecule has 2 aromatic carbocycles. The van der Waals surface area contributed by atoms with Crippen molar-refractivity contribution >= 4 is 17.9 Å². The highest BCUT2D eigenvalue weighted by molar-refractivity contribution is 5.97. The second-order valence-corrected chi connectivity index (χ2v) is 7.69. The maximum absolute atomic E-state index is 12.5. The zero-order chi connectivity index (χ0) is 22.1. The fraction of sp³-hybridized carbons (Fsp3) is 0.348. The summed E-state index contributed by atoms with van der Waals surface area (Å²) in [6.45, 7) is 8.04. The summed E-state index contributed by atoms with van der Waals surface area (Å²) in [6.07, 6.45) is -1.27. The van der Waals surface area contributed by atoms with E-state index in [1.807, 2.05) is 12.1 Å². The molecule has 0 saturated carbocycles. The molecule has 0 unspecified atom stereocenters. The normalized spacial score (nSPS) is 11.9. The largest absolute Gasteiger partial charge is 0.482 e. The third-order valence-corrected chi connectivity index (χ3v) is 4.24. The molecule has 0 aliphatic carbocycles. The number of hydrogen-bond acceptors (Lipinski definition) is 5. The van der Waals surface area contributed by atoms with Crippen LogP contribution in [0.4, 0.5) is 4.79 Å². The Balaban J connectivity index is 2.01. The van der Waals surface area contributed by atoms with Crippen molar-refractivity contribution in [1.82, 2.24) is 10.6 Å². The highest BCUT2D eigenvalue weighted by atomic mass is 16.6. The third-order valence-electron chi connectivity index (χ3n) is 4.24. The Kier molecular flexibility index (Phi) is 7.98. The fourth-order valence-corrected chi connectivity index (χ4v) is 2.64. The SMILES string of the molecule is CCNC(=O)NC(=O)[C@@H](OC(=O)COc1ccc(C(C)(C)C)cc1)c1ccccc1. The minimum Gasteiger partial charge on any atom is -0.482 e. The van der Waals surface area contributed by atoms with Crippen LogP contribution in [0, 0.1) is 0 Å². The molecule has 160 valence electrons. The minimum absolute atomic E-state index is 0.0117. The lowest BCUT2D eigenvalue weighted by atomic mass is 9.87. The summed E-state index contributed by atoms with van der Waals surface area (Å²) in [4.78, 5) is 36.5. The van der Waals surface area contributed by atoms with Crippen LogP contribution in [0.25, 0.3) is 0 Å². The smallest absolute Gasteiger partial charge is 0.345 e. The third kappa shape index (κ3) is 6.92. The van der Waals surface area contributed by atoms with E-state index in [-0.39, 0.29) is 12.0 Å². The number of carbonyl (C=O) groups excluding carboxylic acids is 3. The van der Waals surface area contributed by atoms with E-state index in [1.54, 1.807) is 49.4 Å². The molecule has 2 aromatic rings. The van der Waals surface area contributed by atoms with Crippen LogP contribution in [0.5, 0.6) is 5.75 Å². The van der Waals surface area contributed by atoms with E-state index in [9.17, 15) is 14.4 Å². The van der Waals surface area contributed by atoms with Gasteiger partial charge in [0.1, 0.15) is 5.75 Å². The van der Waals surface area contributed by atoms with Gasteiger partial charge in [-0.15, -0.1) is 0 Å². The quantitative estimate of drug-likeness (QED) is 0.679. The standard InChI is InChI=1S/C23H28N2O5/c1-5-24-22(28)25-21(27)20(16-9-7-6-8-10-16)30-19(26)15-29-18-13-11-17(12-14-18)23(2,3)4/h6-14,20H,5,15H2,1-4H3,(H2,24,25,27,28)/t20-/m0/s1. The van der Waals surface area contributed by atoms with E-state index < -0.39 is 24.0 Å². The molecule has 0 fully saturated rings. The summed E-state index contributed by atoms with van der Waals surface area (Å²) in [6, 6.07) is 15.3. The number of amides is 3. The van der Waals surface area contributed by atoms with Crippen molar-refractivity contribution in [2.45, 2.75) is 39.2 Å². The molecule has 2 rings (SSSR count). The first kappa shape index (κ1) is 22.9. The van der Waals surface area contributed by atoms with E-state index in [1.165, 1.54) is 0 Å². The molecule has 0 aromatic heterocycles. The number of imide groups is 1. The van der Waals surface area contributed by atoms with E-state index in [0.29, 0.717) is 17.9 Å². The zero-order valence-electron chi connectivity index (χ0n) is 17.7. The predicted molar refractivity (Wildman–Crippen MR) is 113 cm³/mol. The molecule has 7 nitrogen and oxygen atoms in total. The highest BCUT2D eigenvalue weighted by Crippen LogP contribution is 2.24. The van der Waals surface area contributed by atoms with Crippen molar-refractivity contribution in [2.75, 3.05) is 13.2 Å². The Bertz CT molecular complexity index is 857. The fourth-order valence-electron chi connectivity index (χ4n) is 2.64. The average Bonchev–Trinajstić information content (AvgIpc) is 2.71. The molecule has 1 atom stereocenters. The van der Waals surface area contributed by atoms with Crippen LogP contribution in [0.1, 0.15) is 44.9 Å². The van der Waals surface area contributed by atoms with Crippen LogP contribution < -0.4 is 15.4 Å². The zero-order valence-corrected chi connectivity index (χ0v) is 17.7. The molecule has 2 N–H and O–H groups in total. The summed E-state index contributed by atoms with van der Waals surface area (Å²) in [7, 11) is 0. The van der Waals surface area contributed by atoms with Crippen LogP contribution in [0.3, 0.4) is 0 Å². The van der Waals surface area contributed by atoms with Crippen LogP contribution >= 0.6 is 0 Å². The Hall–Kier alpha value is -3.35. The van der Waals surface area contributed by atoms with Crippen molar-refractivity contribution in [3.8, 4) is 5.75 Å². The van der Waals surface area contributed by atoms with Gasteiger partial charge in [0.05, 0.1) is 0 Å². The first-order chi connectivity index (χ1) is 14.2. The molecule has 30 heavy (non-hydrogen) atoms. The molecule has 0 heterocycles. The molecule has 3 amide bonds. The second kappa shape index (κ2) is 10.4. The topological polar surface area (TPSA) is 93.7 Å². The highest BCUT2D eigenvalue weighted by Gasteiger charge is 2.26. The van der Waals surface area contributed by atoms with Gasteiger partial charge >= 0.3 is 12.0 Å². The van der Waals surface area contributed by atoms with Crippen LogP contribution in [0.15, 0.2) is 54.6 Å². The Labute approximate surface area is 176 Å². The number of esters is 1. The summed E-state index contributed by atoms with van der Waals surface area (Å²) < 4.78 is 10.8. The molecular weight excluding hydrogens is 384 g/mol. The Morgan fingerprint density at radius 2 is 1.60 bits per heavy atom. The lowest BCUT2D eigenvalue weighted by Crippen LogP contribution is -2.42. The second-order valence-electron chi connectivity index (χ2n) is 7.69. The first-order valence-corrected chi connectivity index (χ1v) is 9.77. The van der Waals surface area contributed by atoms with Crippen LogP contribution in [-0.2, 0) is 19.7 Å². The van der Waals surface area contributed by atoms with Gasteiger partial charge in [-0.3, -0.25) is 10.1 Å². The van der Waals surface area contributed by atoms with E-state index in [4.69, 9.17) is 9.47 Å². The van der Waals surface area contributed by atoms with Gasteiger partial charge in [-0.05, 0) is 30.0 Å². The average molecular weight is 412 g/mol. The number of ether oxygens (including phenoxy) is 2. The summed E-state index contributed by atoms with van der Waals surface area (Å²) >= 11 is 0. The Morgan fingerprint density at radius 3 is 2.17 bits per heavy atom. The number of benzene rings is 2. The molecule has 7 heteroatoms. The number of rotatable bonds is 7. The van der Waals surface area contributed by atoms with Gasteiger partial charge in [-0.25, -0.2) is 9.59 Å². The van der Waals surface area contributed by atoms with Gasteiger partial charge in [0.25, 0.3) is 5.91 Å². The maximum Gasteiger partial charge on any atom is 0.345 e. The van der Waals surface area contributed by atoms with Gasteiger partial charge in [-0.2, -0.15) is 0 Å². The number of carbonyl (C=O) groups is 3. The molecular formula is C23H28N2O5. The van der Waals surface area contributed by atoms with Gasteiger partial charge in [-0.1, -0.05) is 63.2 Å². The maximum atomic E-state index is 12.5. The summed E-state index contributed by atoms with van der Waals surface area (Å²) in [5.41, 5.74) is 1.60. The van der Waals surface area contributed by atoms with Crippen molar-refractivity contribution in [1.29, 1.82) is 0 Å². The lowest BCUT2D eigenvalue weighted by molar-refractivity contribution is -0.158. The van der Waals surface area contributed by atoms with Gasteiger partial charge in [0.15, 0.2) is 6.61 Å². The summed E-state index contributed by atoms with van der Waals surface area (Å²) in [5.74, 6) is -0.951. The van der Waals surface area contributed by atoms with Crippen molar-refractivity contribution in [3.05, 3.63) is 65.7 Å². The van der Waals surface area contributed by atoms with Crippen molar-refractivity contribution in [3.63, 3.8) is 0 Å². The molecule has 0 aliphatic heterocycles. The Morgan fingerprint density at radius 1 is 0.967 bits per heavy atom. The van der Waals surface area contributed by atoms with Crippen molar-refractivity contribution in [2.24, 2.45) is 0 Å². The molecule has 0 saturated heterocycles. The van der Waals surface area contributed by atoms with E-state index >= 15 is 0 Å². The lowest BCUT2D eigenvalue weighted by Gasteiger charge is -2.19. The molecule has 0 aliphatic rings. The predicted octanol–water partition coefficient (Wildman–Crippen LogP) is 3.49. The van der Waals surface area contributed by atoms with Gasteiger partial charge in [0, 0.05) is 12.1 Å².